The lowest BCUT2D eigenvalue weighted by Gasteiger charge is -2.16. The Kier molecular flexibility index (Phi) is 10.0. The summed E-state index contributed by atoms with van der Waals surface area (Å²) in [6.45, 7) is 2.41. The van der Waals surface area contributed by atoms with Gasteiger partial charge in [-0.2, -0.15) is 0 Å². The molecule has 3 N–H and O–H groups in total. The molecule has 26 heavy (non-hydrogen) atoms. The van der Waals surface area contributed by atoms with E-state index < -0.39 is 6.09 Å². The molecule has 2 amide bonds. The SMILES string of the molecule is CCCCSc1ccc(NC(=S)NC(=O)OC)c(NC(=O)CN(C)C)c1. The van der Waals surface area contributed by atoms with Crippen LogP contribution in [-0.4, -0.2) is 55.5 Å². The van der Waals surface area contributed by atoms with Crippen LogP contribution in [-0.2, 0) is 9.53 Å². The predicted molar refractivity (Wildman–Crippen MR) is 111 cm³/mol. The van der Waals surface area contributed by atoms with Crippen molar-refractivity contribution in [2.45, 2.75) is 24.7 Å². The van der Waals surface area contributed by atoms with E-state index in [4.69, 9.17) is 12.2 Å². The maximum atomic E-state index is 12.1. The molecule has 7 nitrogen and oxygen atoms in total. The van der Waals surface area contributed by atoms with Crippen LogP contribution in [0.5, 0.6) is 0 Å². The van der Waals surface area contributed by atoms with E-state index >= 15 is 0 Å². The number of carbonyl (C=O) groups excluding carboxylic acids is 2. The minimum absolute atomic E-state index is 0.0892. The van der Waals surface area contributed by atoms with Gasteiger partial charge in [0.1, 0.15) is 0 Å². The number of thiocarbonyl (C=S) groups is 1. The van der Waals surface area contributed by atoms with Crippen LogP contribution in [0, 0.1) is 0 Å². The molecular formula is C17H26N4O3S2. The van der Waals surface area contributed by atoms with Gasteiger partial charge in [0.05, 0.1) is 25.0 Å². The molecule has 0 fully saturated rings. The Labute approximate surface area is 164 Å². The number of amides is 2. The number of nitrogens with zero attached hydrogens (tertiary/aromatic N) is 1. The van der Waals surface area contributed by atoms with Gasteiger partial charge in [0.2, 0.25) is 5.91 Å². The van der Waals surface area contributed by atoms with Gasteiger partial charge in [-0.05, 0) is 56.7 Å². The fraction of sp³-hybridized carbons (Fsp3) is 0.471. The van der Waals surface area contributed by atoms with E-state index in [1.807, 2.05) is 32.3 Å². The van der Waals surface area contributed by atoms with Crippen LogP contribution in [0.25, 0.3) is 0 Å². The standard InChI is InChI=1S/C17H26N4O3S2/c1-5-6-9-26-12-7-8-13(19-16(25)20-17(23)24-4)14(10-12)18-15(22)11-21(2)3/h7-8,10H,5-6,9,11H2,1-4H3,(H,18,22)(H2,19,20,23,25). The highest BCUT2D eigenvalue weighted by Gasteiger charge is 2.12. The monoisotopic (exact) mass is 398 g/mol. The zero-order chi connectivity index (χ0) is 19.5. The van der Waals surface area contributed by atoms with Gasteiger partial charge in [0, 0.05) is 4.90 Å². The summed E-state index contributed by atoms with van der Waals surface area (Å²) in [4.78, 5) is 26.2. The molecule has 1 aromatic carbocycles. The summed E-state index contributed by atoms with van der Waals surface area (Å²) in [5.74, 6) is 0.872. The van der Waals surface area contributed by atoms with Crippen molar-refractivity contribution < 1.29 is 14.3 Å². The third-order valence-corrected chi connectivity index (χ3v) is 4.42. The molecule has 0 spiro atoms. The normalized spacial score (nSPS) is 10.3. The number of hydrogen-bond acceptors (Lipinski definition) is 6. The average molecular weight is 399 g/mol. The molecule has 0 atom stereocenters. The second-order valence-corrected chi connectivity index (χ2v) is 7.34. The van der Waals surface area contributed by atoms with Gasteiger partial charge in [-0.25, -0.2) is 4.79 Å². The molecule has 9 heteroatoms. The number of anilines is 2. The zero-order valence-electron chi connectivity index (χ0n) is 15.5. The quantitative estimate of drug-likeness (QED) is 0.352. The van der Waals surface area contributed by atoms with Crippen molar-refractivity contribution in [2.24, 2.45) is 0 Å². The number of hydrogen-bond donors (Lipinski definition) is 3. The van der Waals surface area contributed by atoms with E-state index in [0.29, 0.717) is 11.4 Å². The third kappa shape index (κ3) is 8.50. The van der Waals surface area contributed by atoms with Crippen LogP contribution in [0.15, 0.2) is 23.1 Å². The number of carbonyl (C=O) groups is 2. The maximum absolute atomic E-state index is 12.1. The molecule has 1 aromatic rings. The summed E-state index contributed by atoms with van der Waals surface area (Å²) < 4.78 is 4.51. The highest BCUT2D eigenvalue weighted by Crippen LogP contribution is 2.29. The molecular weight excluding hydrogens is 372 g/mol. The van der Waals surface area contributed by atoms with E-state index in [0.717, 1.165) is 23.5 Å². The van der Waals surface area contributed by atoms with Gasteiger partial charge in [0.25, 0.3) is 0 Å². The number of thioether (sulfide) groups is 1. The van der Waals surface area contributed by atoms with Crippen molar-refractivity contribution in [1.82, 2.24) is 10.2 Å². The number of methoxy groups -OCH3 is 1. The fourth-order valence-corrected chi connectivity index (χ4v) is 3.16. The van der Waals surface area contributed by atoms with E-state index in [-0.39, 0.29) is 17.6 Å². The highest BCUT2D eigenvalue weighted by molar-refractivity contribution is 7.99. The first-order chi connectivity index (χ1) is 12.3. The van der Waals surface area contributed by atoms with E-state index in [9.17, 15) is 9.59 Å². The fourth-order valence-electron chi connectivity index (χ4n) is 1.93. The number of unbranched alkanes of at least 4 members (excludes halogenated alkanes) is 1. The van der Waals surface area contributed by atoms with Crippen molar-refractivity contribution >= 4 is 52.5 Å². The average Bonchev–Trinajstić information content (AvgIpc) is 2.56. The first kappa shape index (κ1) is 22.2. The molecule has 0 radical (unpaired) electrons. The Morgan fingerprint density at radius 3 is 2.58 bits per heavy atom. The minimum Gasteiger partial charge on any atom is -0.453 e. The molecule has 144 valence electrons. The van der Waals surface area contributed by atoms with Gasteiger partial charge < -0.3 is 20.3 Å². The molecule has 0 bridgehead atoms. The smallest absolute Gasteiger partial charge is 0.413 e. The second-order valence-electron chi connectivity index (χ2n) is 5.77. The molecule has 0 saturated heterocycles. The summed E-state index contributed by atoms with van der Waals surface area (Å²) in [7, 11) is 4.91. The maximum Gasteiger partial charge on any atom is 0.413 e. The van der Waals surface area contributed by atoms with E-state index in [1.54, 1.807) is 16.7 Å². The molecule has 0 aromatic heterocycles. The number of ether oxygens (including phenoxy) is 1. The third-order valence-electron chi connectivity index (χ3n) is 3.14. The van der Waals surface area contributed by atoms with Crippen molar-refractivity contribution in [3.05, 3.63) is 18.2 Å². The number of rotatable bonds is 8. The number of benzene rings is 1. The Bertz CT molecular complexity index is 638. The van der Waals surface area contributed by atoms with Gasteiger partial charge in [0.15, 0.2) is 5.11 Å². The summed E-state index contributed by atoms with van der Waals surface area (Å²) >= 11 is 6.82. The molecule has 0 saturated carbocycles. The zero-order valence-corrected chi connectivity index (χ0v) is 17.2. The van der Waals surface area contributed by atoms with E-state index in [2.05, 4.69) is 27.6 Å². The van der Waals surface area contributed by atoms with Gasteiger partial charge >= 0.3 is 6.09 Å². The van der Waals surface area contributed by atoms with Gasteiger partial charge in [-0.1, -0.05) is 13.3 Å². The Balaban J connectivity index is 2.93. The molecule has 0 aliphatic heterocycles. The topological polar surface area (TPSA) is 82.7 Å². The van der Waals surface area contributed by atoms with Gasteiger partial charge in [-0.15, -0.1) is 11.8 Å². The Morgan fingerprint density at radius 2 is 1.96 bits per heavy atom. The van der Waals surface area contributed by atoms with Crippen LogP contribution in [0.3, 0.4) is 0 Å². The molecule has 0 heterocycles. The van der Waals surface area contributed by atoms with Crippen molar-refractivity contribution in [2.75, 3.05) is 44.1 Å². The van der Waals surface area contributed by atoms with Crippen molar-refractivity contribution in [3.8, 4) is 0 Å². The van der Waals surface area contributed by atoms with E-state index in [1.165, 1.54) is 7.11 Å². The van der Waals surface area contributed by atoms with Crippen LogP contribution >= 0.6 is 24.0 Å². The first-order valence-corrected chi connectivity index (χ1v) is 9.62. The number of nitrogens with one attached hydrogen (secondary N) is 3. The lowest BCUT2D eigenvalue weighted by molar-refractivity contribution is -0.116. The molecule has 0 unspecified atom stereocenters. The summed E-state index contributed by atoms with van der Waals surface area (Å²) in [6.07, 6.45) is 1.60. The minimum atomic E-state index is -0.660. The van der Waals surface area contributed by atoms with Crippen molar-refractivity contribution in [3.63, 3.8) is 0 Å². The number of alkyl carbamates (subject to hydrolysis) is 1. The molecule has 1 rings (SSSR count). The molecule has 0 aliphatic carbocycles. The second kappa shape index (κ2) is 11.7. The van der Waals surface area contributed by atoms with Gasteiger partial charge in [-0.3, -0.25) is 10.1 Å². The predicted octanol–water partition coefficient (Wildman–Crippen LogP) is 3.13. The molecule has 0 aliphatic rings. The Hall–Kier alpha value is -1.84. The lowest BCUT2D eigenvalue weighted by atomic mass is 10.2. The Morgan fingerprint density at radius 1 is 1.23 bits per heavy atom. The summed E-state index contributed by atoms with van der Waals surface area (Å²) in [6, 6.07) is 5.67. The largest absolute Gasteiger partial charge is 0.453 e. The summed E-state index contributed by atoms with van der Waals surface area (Å²) in [5.41, 5.74) is 1.20. The summed E-state index contributed by atoms with van der Waals surface area (Å²) in [5, 5.41) is 8.27. The van der Waals surface area contributed by atoms with Crippen LogP contribution < -0.4 is 16.0 Å². The van der Waals surface area contributed by atoms with Crippen LogP contribution in [0.2, 0.25) is 0 Å². The highest BCUT2D eigenvalue weighted by atomic mass is 32.2. The van der Waals surface area contributed by atoms with Crippen LogP contribution in [0.1, 0.15) is 19.8 Å². The lowest BCUT2D eigenvalue weighted by Crippen LogP contribution is -2.34. The number of likely N-dealkylation sites (N-methyl/N-ethyl adjacent to an activating group) is 1. The van der Waals surface area contributed by atoms with Crippen LogP contribution in [0.4, 0.5) is 16.2 Å². The first-order valence-electron chi connectivity index (χ1n) is 8.23. The van der Waals surface area contributed by atoms with Crippen molar-refractivity contribution in [1.29, 1.82) is 0 Å².